The van der Waals surface area contributed by atoms with Gasteiger partial charge in [0.1, 0.15) is 0 Å². The van der Waals surface area contributed by atoms with E-state index in [0.717, 1.165) is 31.0 Å². The number of guanidine groups is 1. The molecule has 0 saturated carbocycles. The molecule has 0 aliphatic carbocycles. The molecule has 1 fully saturated rings. The lowest BCUT2D eigenvalue weighted by Crippen LogP contribution is -2.40. The highest BCUT2D eigenvalue weighted by molar-refractivity contribution is 14.0. The van der Waals surface area contributed by atoms with Crippen LogP contribution in [0.2, 0.25) is 0 Å². The molecule has 30 heavy (non-hydrogen) atoms. The molecule has 2 aromatic rings. The highest BCUT2D eigenvalue weighted by Gasteiger charge is 2.29. The van der Waals surface area contributed by atoms with Crippen LogP contribution in [0.25, 0.3) is 0 Å². The van der Waals surface area contributed by atoms with Gasteiger partial charge in [-0.15, -0.1) is 24.0 Å². The Morgan fingerprint density at radius 1 is 1.30 bits per heavy atom. The summed E-state index contributed by atoms with van der Waals surface area (Å²) in [6, 6.07) is 12.3. The monoisotopic (exact) mass is 525 g/mol. The van der Waals surface area contributed by atoms with Gasteiger partial charge in [0.2, 0.25) is 5.91 Å². The fourth-order valence-electron chi connectivity index (χ4n) is 3.43. The average Bonchev–Trinajstić information content (AvgIpc) is 3.34. The van der Waals surface area contributed by atoms with Crippen molar-refractivity contribution < 1.29 is 9.32 Å². The molecule has 1 aliphatic heterocycles. The summed E-state index contributed by atoms with van der Waals surface area (Å²) in [7, 11) is 1.74. The van der Waals surface area contributed by atoms with Crippen LogP contribution in [0.5, 0.6) is 0 Å². The van der Waals surface area contributed by atoms with Crippen molar-refractivity contribution in [2.75, 3.05) is 26.7 Å². The zero-order valence-electron chi connectivity index (χ0n) is 17.9. The summed E-state index contributed by atoms with van der Waals surface area (Å²) in [6.07, 6.45) is 1.48. The summed E-state index contributed by atoms with van der Waals surface area (Å²) in [4.78, 5) is 18.5. The molecular weight excluding hydrogens is 493 g/mol. The summed E-state index contributed by atoms with van der Waals surface area (Å²) in [5, 5.41) is 10.6. The molecule has 0 radical (unpaired) electrons. The van der Waals surface area contributed by atoms with Crippen LogP contribution in [-0.4, -0.2) is 48.6 Å². The van der Waals surface area contributed by atoms with E-state index in [1.807, 2.05) is 29.2 Å². The number of hydrogen-bond acceptors (Lipinski definition) is 4. The predicted molar refractivity (Wildman–Crippen MR) is 129 cm³/mol. The number of nitrogens with zero attached hydrogens (tertiary/aromatic N) is 3. The van der Waals surface area contributed by atoms with Gasteiger partial charge in [0, 0.05) is 45.1 Å². The zero-order chi connectivity index (χ0) is 20.6. The van der Waals surface area contributed by atoms with Crippen molar-refractivity contribution in [3.63, 3.8) is 0 Å². The lowest BCUT2D eigenvalue weighted by molar-refractivity contribution is -0.127. The van der Waals surface area contributed by atoms with Gasteiger partial charge in [-0.3, -0.25) is 9.79 Å². The van der Waals surface area contributed by atoms with Crippen LogP contribution < -0.4 is 10.6 Å². The minimum atomic E-state index is 0. The number of aliphatic imine (C=N–C) groups is 1. The molecule has 1 aliphatic rings. The van der Waals surface area contributed by atoms with Gasteiger partial charge in [0.05, 0.1) is 12.2 Å². The predicted octanol–water partition coefficient (Wildman–Crippen LogP) is 3.17. The number of carbonyl (C=O) groups is 1. The van der Waals surface area contributed by atoms with Crippen molar-refractivity contribution in [3.8, 4) is 0 Å². The van der Waals surface area contributed by atoms with Crippen molar-refractivity contribution in [1.82, 2.24) is 20.7 Å². The second-order valence-corrected chi connectivity index (χ2v) is 7.82. The Morgan fingerprint density at radius 2 is 2.07 bits per heavy atom. The van der Waals surface area contributed by atoms with Gasteiger partial charge < -0.3 is 20.1 Å². The summed E-state index contributed by atoms with van der Waals surface area (Å²) in [5.74, 6) is 2.34. The fraction of sp³-hybridized carbons (Fsp3) is 0.500. The first-order valence-corrected chi connectivity index (χ1v) is 10.3. The quantitative estimate of drug-likeness (QED) is 0.315. The van der Waals surface area contributed by atoms with Gasteiger partial charge >= 0.3 is 0 Å². The second kappa shape index (κ2) is 11.9. The summed E-state index contributed by atoms with van der Waals surface area (Å²) < 4.78 is 5.34. The van der Waals surface area contributed by atoms with Crippen LogP contribution in [0.15, 0.2) is 45.9 Å². The molecule has 7 nitrogen and oxygen atoms in total. The highest BCUT2D eigenvalue weighted by Crippen LogP contribution is 2.18. The van der Waals surface area contributed by atoms with E-state index in [-0.39, 0.29) is 35.8 Å². The number of benzene rings is 1. The number of hydrogen-bond donors (Lipinski definition) is 2. The van der Waals surface area contributed by atoms with Crippen molar-refractivity contribution in [2.24, 2.45) is 10.9 Å². The number of nitrogens with one attached hydrogen (secondary N) is 2. The molecule has 0 spiro atoms. The Morgan fingerprint density at radius 3 is 2.73 bits per heavy atom. The maximum Gasteiger partial charge on any atom is 0.223 e. The van der Waals surface area contributed by atoms with Gasteiger partial charge in [-0.2, -0.15) is 0 Å². The van der Waals surface area contributed by atoms with Crippen molar-refractivity contribution in [2.45, 2.75) is 39.2 Å². The third kappa shape index (κ3) is 7.00. The van der Waals surface area contributed by atoms with Crippen LogP contribution in [0.1, 0.15) is 43.2 Å². The van der Waals surface area contributed by atoms with Crippen LogP contribution in [0.3, 0.4) is 0 Å². The van der Waals surface area contributed by atoms with E-state index < -0.39 is 0 Å². The molecule has 1 unspecified atom stereocenters. The molecule has 1 aromatic heterocycles. The van der Waals surface area contributed by atoms with Gasteiger partial charge in [-0.05, 0) is 17.9 Å². The fourth-order valence-corrected chi connectivity index (χ4v) is 3.43. The van der Waals surface area contributed by atoms with Crippen molar-refractivity contribution in [1.29, 1.82) is 0 Å². The zero-order valence-corrected chi connectivity index (χ0v) is 20.3. The van der Waals surface area contributed by atoms with E-state index in [4.69, 9.17) is 4.52 Å². The van der Waals surface area contributed by atoms with Gasteiger partial charge in [-0.25, -0.2) is 0 Å². The summed E-state index contributed by atoms with van der Waals surface area (Å²) >= 11 is 0. The van der Waals surface area contributed by atoms with Crippen LogP contribution in [-0.2, 0) is 17.8 Å². The Kier molecular flexibility index (Phi) is 9.61. The molecule has 2 heterocycles. The topological polar surface area (TPSA) is 82.8 Å². The molecule has 1 aromatic carbocycles. The number of rotatable bonds is 8. The van der Waals surface area contributed by atoms with Crippen LogP contribution >= 0.6 is 24.0 Å². The van der Waals surface area contributed by atoms with Crippen LogP contribution in [0.4, 0.5) is 0 Å². The smallest absolute Gasteiger partial charge is 0.223 e. The average molecular weight is 525 g/mol. The molecule has 0 bridgehead atoms. The minimum Gasteiger partial charge on any atom is -0.359 e. The van der Waals surface area contributed by atoms with E-state index in [2.05, 4.69) is 46.8 Å². The Bertz CT molecular complexity index is 822. The number of aromatic nitrogens is 1. The Labute approximate surface area is 195 Å². The maximum absolute atomic E-state index is 12.3. The molecule has 1 atom stereocenters. The van der Waals surface area contributed by atoms with E-state index in [1.165, 1.54) is 5.56 Å². The second-order valence-electron chi connectivity index (χ2n) is 7.82. The Balaban J connectivity index is 0.00000320. The number of amides is 1. The first-order valence-electron chi connectivity index (χ1n) is 10.3. The molecule has 3 rings (SSSR count). The Hall–Kier alpha value is -2.10. The van der Waals surface area contributed by atoms with Crippen molar-refractivity contribution in [3.05, 3.63) is 53.4 Å². The lowest BCUT2D eigenvalue weighted by atomic mass is 10.1. The third-order valence-electron chi connectivity index (χ3n) is 5.19. The van der Waals surface area contributed by atoms with E-state index in [0.29, 0.717) is 31.4 Å². The highest BCUT2D eigenvalue weighted by atomic mass is 127. The van der Waals surface area contributed by atoms with Crippen LogP contribution in [0, 0.1) is 5.92 Å². The molecule has 164 valence electrons. The first-order chi connectivity index (χ1) is 14.0. The molecule has 1 saturated heterocycles. The van der Waals surface area contributed by atoms with E-state index in [9.17, 15) is 4.79 Å². The third-order valence-corrected chi connectivity index (χ3v) is 5.19. The number of halogens is 1. The minimum absolute atomic E-state index is 0. The molecule has 1 amide bonds. The van der Waals surface area contributed by atoms with E-state index >= 15 is 0 Å². The number of carbonyl (C=O) groups excluding carboxylic acids is 1. The van der Waals surface area contributed by atoms with Gasteiger partial charge in [0.15, 0.2) is 11.7 Å². The number of likely N-dealkylation sites (tertiary alicyclic amines) is 1. The SMILES string of the molecule is CN=C(NCc1cc(C(C)C)no1)NCC1CC(=O)N(CCc2ccccc2)C1.I. The molecule has 8 heteroatoms. The van der Waals surface area contributed by atoms with Crippen molar-refractivity contribution >= 4 is 35.8 Å². The maximum atomic E-state index is 12.3. The van der Waals surface area contributed by atoms with Gasteiger partial charge in [-0.1, -0.05) is 49.3 Å². The summed E-state index contributed by atoms with van der Waals surface area (Å²) in [6.45, 7) is 6.96. The molecule has 2 N–H and O–H groups in total. The van der Waals surface area contributed by atoms with E-state index in [1.54, 1.807) is 7.05 Å². The normalized spacial score (nSPS) is 16.7. The first kappa shape index (κ1) is 24.2. The largest absolute Gasteiger partial charge is 0.359 e. The lowest BCUT2D eigenvalue weighted by Gasteiger charge is -2.17. The van der Waals surface area contributed by atoms with Gasteiger partial charge in [0.25, 0.3) is 0 Å². The standard InChI is InChI=1S/C22H31N5O2.HI/c1-16(2)20-12-19(29-26-20)14-25-22(23-3)24-13-18-11-21(28)27(15-18)10-9-17-7-5-4-6-8-17;/h4-8,12,16,18H,9-11,13-15H2,1-3H3,(H2,23,24,25);1H. The summed E-state index contributed by atoms with van der Waals surface area (Å²) in [5.41, 5.74) is 2.21. The molecular formula is C22H32IN5O2.